The summed E-state index contributed by atoms with van der Waals surface area (Å²) >= 11 is 0. The predicted octanol–water partition coefficient (Wildman–Crippen LogP) is 10.7. The first kappa shape index (κ1) is 30.3. The van der Waals surface area contributed by atoms with Crippen LogP contribution in [0.4, 0.5) is 0 Å². The normalized spacial score (nSPS) is 12.2. The highest BCUT2D eigenvalue weighted by molar-refractivity contribution is 6.09. The van der Waals surface area contributed by atoms with Crippen LogP contribution in [0.25, 0.3) is 106 Å². The second-order valence-electron chi connectivity index (χ2n) is 14.4. The molecule has 266 valence electrons. The van der Waals surface area contributed by atoms with Gasteiger partial charge in [0.2, 0.25) is 17.5 Å². The van der Waals surface area contributed by atoms with E-state index in [1.807, 2.05) is 12.1 Å². The summed E-state index contributed by atoms with van der Waals surface area (Å²) < 4.78 is 11.1. The number of aromatic nitrogens is 9. The molecule has 6 heterocycles. The largest absolute Gasteiger partial charge is 0.278 e. The summed E-state index contributed by atoms with van der Waals surface area (Å²) in [6.07, 6.45) is 0. The smallest absolute Gasteiger partial charge is 0.237 e. The number of nitrogens with zero attached hydrogens (tertiary/aromatic N) is 9. The standard InChI is InChI=1S/C48H29N9/c1-6-20-36-30(15-1)31-16-2-7-21-37(31)53(36)46-49-35(29-45(52-46)57-44-28-14-13-27-43(44)56-40-24-10-5-19-34(40)51-48(56)57)32-17-3-8-22-38(32)54-41-25-11-12-26-42(41)55-39-23-9-4-18-33(39)50-47(54)55/h1-29H. The Hall–Kier alpha value is -8.04. The molecule has 0 saturated carbocycles. The Labute approximate surface area is 323 Å². The predicted molar refractivity (Wildman–Crippen MR) is 228 cm³/mol. The second kappa shape index (κ2) is 11.2. The first-order valence-corrected chi connectivity index (χ1v) is 19.0. The van der Waals surface area contributed by atoms with Crippen LogP contribution in [-0.2, 0) is 0 Å². The Bertz CT molecular complexity index is 3730. The Kier molecular flexibility index (Phi) is 5.98. The third-order valence-corrected chi connectivity index (χ3v) is 11.3. The molecule has 0 spiro atoms. The van der Waals surface area contributed by atoms with Crippen LogP contribution >= 0.6 is 0 Å². The number of para-hydroxylation sites is 11. The van der Waals surface area contributed by atoms with Gasteiger partial charge in [0.15, 0.2) is 0 Å². The Morgan fingerprint density at radius 2 is 0.789 bits per heavy atom. The van der Waals surface area contributed by atoms with Gasteiger partial charge in [0.25, 0.3) is 0 Å². The van der Waals surface area contributed by atoms with Crippen molar-refractivity contribution >= 4 is 77.5 Å². The van der Waals surface area contributed by atoms with Crippen LogP contribution in [0.5, 0.6) is 0 Å². The first-order chi connectivity index (χ1) is 28.3. The fraction of sp³-hybridized carbons (Fsp3) is 0. The number of imidazole rings is 4. The highest BCUT2D eigenvalue weighted by Crippen LogP contribution is 2.37. The molecule has 0 aliphatic heterocycles. The summed E-state index contributed by atoms with van der Waals surface area (Å²) in [4.78, 5) is 21.4. The SMILES string of the molecule is c1ccc(-n2c3ccccc3n3c4ccccc4nc23)c(-c2cc(-n3c4ccccc4n4c5ccccc5nc34)nc(-n3c4ccccc4c4ccccc43)n2)c1. The minimum absolute atomic E-state index is 0.566. The van der Waals surface area contributed by atoms with E-state index in [9.17, 15) is 0 Å². The quantitative estimate of drug-likeness (QED) is 0.181. The summed E-state index contributed by atoms with van der Waals surface area (Å²) in [6, 6.07) is 61.1. The molecule has 13 rings (SSSR count). The maximum atomic E-state index is 5.50. The van der Waals surface area contributed by atoms with Crippen LogP contribution in [0.1, 0.15) is 0 Å². The monoisotopic (exact) mass is 731 g/mol. The number of benzene rings is 7. The van der Waals surface area contributed by atoms with Crippen molar-refractivity contribution in [2.24, 2.45) is 0 Å². The Morgan fingerprint density at radius 1 is 0.333 bits per heavy atom. The first-order valence-electron chi connectivity index (χ1n) is 19.0. The molecule has 0 amide bonds. The van der Waals surface area contributed by atoms with E-state index in [2.05, 4.69) is 186 Å². The van der Waals surface area contributed by atoms with Gasteiger partial charge in [0.1, 0.15) is 5.82 Å². The third kappa shape index (κ3) is 4.11. The maximum Gasteiger partial charge on any atom is 0.237 e. The minimum Gasteiger partial charge on any atom is -0.278 e. The van der Waals surface area contributed by atoms with Gasteiger partial charge in [-0.2, -0.15) is 4.98 Å². The fourth-order valence-corrected chi connectivity index (χ4v) is 8.96. The van der Waals surface area contributed by atoms with E-state index < -0.39 is 0 Å². The van der Waals surface area contributed by atoms with Crippen molar-refractivity contribution in [2.45, 2.75) is 0 Å². The highest BCUT2D eigenvalue weighted by atomic mass is 15.3. The molecule has 9 nitrogen and oxygen atoms in total. The average molecular weight is 732 g/mol. The van der Waals surface area contributed by atoms with Crippen molar-refractivity contribution < 1.29 is 0 Å². The molecule has 57 heavy (non-hydrogen) atoms. The van der Waals surface area contributed by atoms with Crippen molar-refractivity contribution in [3.05, 3.63) is 176 Å². The van der Waals surface area contributed by atoms with E-state index >= 15 is 0 Å². The summed E-state index contributed by atoms with van der Waals surface area (Å²) in [5.41, 5.74) is 12.9. The van der Waals surface area contributed by atoms with Gasteiger partial charge in [-0.3, -0.25) is 22.5 Å². The number of fused-ring (bicyclic) bond motifs is 13. The van der Waals surface area contributed by atoms with Crippen LogP contribution in [0.15, 0.2) is 176 Å². The molecule has 0 aliphatic rings. The molecule has 7 aromatic carbocycles. The molecule has 0 atom stereocenters. The molecule has 0 aliphatic carbocycles. The fourth-order valence-electron chi connectivity index (χ4n) is 8.96. The molecule has 6 aromatic heterocycles. The molecular formula is C48H29N9. The van der Waals surface area contributed by atoms with Gasteiger partial charge in [-0.1, -0.05) is 103 Å². The van der Waals surface area contributed by atoms with Gasteiger partial charge in [0.05, 0.1) is 66.5 Å². The molecular weight excluding hydrogens is 703 g/mol. The molecule has 0 fully saturated rings. The van der Waals surface area contributed by atoms with Crippen LogP contribution in [0.2, 0.25) is 0 Å². The number of rotatable bonds is 4. The van der Waals surface area contributed by atoms with Crippen LogP contribution in [0, 0.1) is 0 Å². The average Bonchev–Trinajstić information content (AvgIpc) is 4.06. The minimum atomic E-state index is 0.566. The zero-order valence-corrected chi connectivity index (χ0v) is 30.3. The summed E-state index contributed by atoms with van der Waals surface area (Å²) in [5, 5.41) is 2.29. The Morgan fingerprint density at radius 3 is 1.40 bits per heavy atom. The number of hydrogen-bond acceptors (Lipinski definition) is 4. The van der Waals surface area contributed by atoms with Crippen molar-refractivity contribution in [1.29, 1.82) is 0 Å². The van der Waals surface area contributed by atoms with Crippen molar-refractivity contribution in [2.75, 3.05) is 0 Å². The van der Waals surface area contributed by atoms with E-state index in [1.165, 1.54) is 0 Å². The molecule has 0 unspecified atom stereocenters. The van der Waals surface area contributed by atoms with E-state index in [-0.39, 0.29) is 0 Å². The van der Waals surface area contributed by atoms with Gasteiger partial charge in [-0.05, 0) is 66.7 Å². The Balaban J connectivity index is 1.16. The van der Waals surface area contributed by atoms with Crippen molar-refractivity contribution in [3.63, 3.8) is 0 Å². The highest BCUT2D eigenvalue weighted by Gasteiger charge is 2.24. The van der Waals surface area contributed by atoms with Gasteiger partial charge in [-0.15, -0.1) is 0 Å². The van der Waals surface area contributed by atoms with Crippen molar-refractivity contribution in [1.82, 2.24) is 42.4 Å². The van der Waals surface area contributed by atoms with Crippen LogP contribution in [-0.4, -0.2) is 42.4 Å². The molecule has 0 saturated heterocycles. The molecule has 0 N–H and O–H groups in total. The lowest BCUT2D eigenvalue weighted by atomic mass is 10.1. The van der Waals surface area contributed by atoms with E-state index in [1.54, 1.807) is 0 Å². The zero-order chi connectivity index (χ0) is 37.2. The lowest BCUT2D eigenvalue weighted by molar-refractivity contribution is 0.942. The van der Waals surface area contributed by atoms with E-state index in [4.69, 9.17) is 19.9 Å². The number of hydrogen-bond donors (Lipinski definition) is 0. The summed E-state index contributed by atoms with van der Waals surface area (Å²) in [6.45, 7) is 0. The van der Waals surface area contributed by atoms with E-state index in [0.717, 1.165) is 94.4 Å². The maximum absolute atomic E-state index is 5.50. The zero-order valence-electron chi connectivity index (χ0n) is 30.3. The van der Waals surface area contributed by atoms with Gasteiger partial charge in [0, 0.05) is 22.4 Å². The topological polar surface area (TPSA) is 75.2 Å². The molecule has 9 heteroatoms. The lowest BCUT2D eigenvalue weighted by Crippen LogP contribution is -2.08. The second-order valence-corrected chi connectivity index (χ2v) is 14.4. The van der Waals surface area contributed by atoms with Crippen LogP contribution in [0.3, 0.4) is 0 Å². The molecule has 0 radical (unpaired) electrons. The van der Waals surface area contributed by atoms with E-state index in [0.29, 0.717) is 11.8 Å². The van der Waals surface area contributed by atoms with Crippen molar-refractivity contribution in [3.8, 4) is 28.7 Å². The van der Waals surface area contributed by atoms with Crippen LogP contribution < -0.4 is 0 Å². The third-order valence-electron chi connectivity index (χ3n) is 11.3. The molecule has 0 bridgehead atoms. The molecule has 13 aromatic rings. The van der Waals surface area contributed by atoms with Gasteiger partial charge < -0.3 is 0 Å². The summed E-state index contributed by atoms with van der Waals surface area (Å²) in [5.74, 6) is 2.90. The lowest BCUT2D eigenvalue weighted by Gasteiger charge is -2.15. The van der Waals surface area contributed by atoms with Gasteiger partial charge in [-0.25, -0.2) is 15.0 Å². The summed E-state index contributed by atoms with van der Waals surface area (Å²) in [7, 11) is 0. The van der Waals surface area contributed by atoms with Gasteiger partial charge >= 0.3 is 0 Å².